The minimum Gasteiger partial charge on any atom is -0.493 e. The summed E-state index contributed by atoms with van der Waals surface area (Å²) >= 11 is 0. The zero-order valence-corrected chi connectivity index (χ0v) is 17.9. The van der Waals surface area contributed by atoms with Gasteiger partial charge in [0.1, 0.15) is 0 Å². The van der Waals surface area contributed by atoms with Gasteiger partial charge in [-0.3, -0.25) is 9.59 Å². The van der Waals surface area contributed by atoms with E-state index in [4.69, 9.17) is 18.9 Å². The van der Waals surface area contributed by atoms with Crippen molar-refractivity contribution in [2.45, 2.75) is 19.8 Å². The Bertz CT molecular complexity index is 703. The summed E-state index contributed by atoms with van der Waals surface area (Å²) < 4.78 is 21.1. The van der Waals surface area contributed by atoms with E-state index < -0.39 is 0 Å². The summed E-state index contributed by atoms with van der Waals surface area (Å²) in [7, 11) is 3.18. The largest absolute Gasteiger partial charge is 0.493 e. The van der Waals surface area contributed by atoms with Gasteiger partial charge >= 0.3 is 0 Å². The molecule has 0 saturated heterocycles. The molecule has 0 aliphatic heterocycles. The molecule has 0 atom stereocenters. The van der Waals surface area contributed by atoms with Gasteiger partial charge in [0.25, 0.3) is 0 Å². The van der Waals surface area contributed by atoms with Crippen LogP contribution in [0, 0.1) is 0 Å². The number of nitrogens with one attached hydrogen (secondary N) is 2. The predicted octanol–water partition coefficient (Wildman–Crippen LogP) is 2.30. The third-order valence-electron chi connectivity index (χ3n) is 3.84. The second-order valence-corrected chi connectivity index (χ2v) is 6.27. The molecule has 0 fully saturated rings. The van der Waals surface area contributed by atoms with Crippen molar-refractivity contribution in [3.63, 3.8) is 0 Å². The average molecular weight is 421 g/mol. The normalized spacial score (nSPS) is 11.0. The molecule has 0 bridgehead atoms. The number of hydrogen-bond acceptors (Lipinski definition) is 6. The molecule has 0 spiro atoms. The topological polar surface area (TPSA) is 95.1 Å². The maximum Gasteiger partial charge on any atom is 0.243 e. The number of rotatable bonds is 15. The van der Waals surface area contributed by atoms with Gasteiger partial charge in [0.2, 0.25) is 11.8 Å². The Labute approximate surface area is 178 Å². The highest BCUT2D eigenvalue weighted by Gasteiger charge is 2.04. The van der Waals surface area contributed by atoms with Crippen LogP contribution in [-0.4, -0.2) is 59.1 Å². The molecule has 0 unspecified atom stereocenters. The zero-order chi connectivity index (χ0) is 22.0. The lowest BCUT2D eigenvalue weighted by Gasteiger charge is -2.11. The molecule has 0 heterocycles. The van der Waals surface area contributed by atoms with Gasteiger partial charge in [-0.05, 0) is 30.5 Å². The van der Waals surface area contributed by atoms with Gasteiger partial charge in [-0.15, -0.1) is 0 Å². The van der Waals surface area contributed by atoms with E-state index in [1.807, 2.05) is 18.2 Å². The monoisotopic (exact) mass is 420 g/mol. The van der Waals surface area contributed by atoms with Crippen LogP contribution < -0.4 is 20.1 Å². The van der Waals surface area contributed by atoms with E-state index in [9.17, 15) is 9.59 Å². The van der Waals surface area contributed by atoms with Gasteiger partial charge in [-0.1, -0.05) is 24.3 Å². The quantitative estimate of drug-likeness (QED) is 0.196. The second-order valence-electron chi connectivity index (χ2n) is 6.27. The van der Waals surface area contributed by atoms with Crippen molar-refractivity contribution < 1.29 is 28.5 Å². The van der Waals surface area contributed by atoms with Gasteiger partial charge in [0.15, 0.2) is 18.3 Å². The molecule has 2 N–H and O–H groups in total. The Morgan fingerprint density at radius 3 is 2.47 bits per heavy atom. The Kier molecular flexibility index (Phi) is 13.4. The third kappa shape index (κ3) is 11.9. The lowest BCUT2D eigenvalue weighted by atomic mass is 10.2. The van der Waals surface area contributed by atoms with Crippen molar-refractivity contribution in [2.75, 3.05) is 47.3 Å². The van der Waals surface area contributed by atoms with Crippen LogP contribution in [0.25, 0.3) is 6.08 Å². The molecule has 0 aliphatic carbocycles. The number of ether oxygens (including phenoxy) is 4. The number of carbonyl (C=O) groups is 2. The van der Waals surface area contributed by atoms with E-state index in [1.54, 1.807) is 32.4 Å². The van der Waals surface area contributed by atoms with Crippen LogP contribution in [0.1, 0.15) is 25.3 Å². The molecular formula is C22H32N2O6. The molecule has 2 amide bonds. The smallest absolute Gasteiger partial charge is 0.243 e. The van der Waals surface area contributed by atoms with Crippen molar-refractivity contribution in [1.29, 1.82) is 0 Å². The first-order chi connectivity index (χ1) is 14.6. The van der Waals surface area contributed by atoms with E-state index in [0.29, 0.717) is 37.8 Å². The number of unbranched alkanes of at least 4 members (excludes halogenated alkanes) is 1. The van der Waals surface area contributed by atoms with Gasteiger partial charge in [0.05, 0.1) is 20.3 Å². The van der Waals surface area contributed by atoms with Crippen LogP contribution in [0.2, 0.25) is 0 Å². The molecule has 0 saturated carbocycles. The lowest BCUT2D eigenvalue weighted by molar-refractivity contribution is -0.119. The number of amides is 2. The fourth-order valence-corrected chi connectivity index (χ4v) is 2.31. The number of allylic oxidation sites excluding steroid dienone is 2. The molecule has 166 valence electrons. The van der Waals surface area contributed by atoms with Gasteiger partial charge in [-0.25, -0.2) is 0 Å². The molecule has 0 aromatic heterocycles. The molecule has 8 heteroatoms. The van der Waals surface area contributed by atoms with Crippen LogP contribution in [0.15, 0.2) is 36.4 Å². The number of carbonyl (C=O) groups excluding carboxylic acids is 2. The number of methoxy groups -OCH3 is 2. The standard InChI is InChI=1S/C22H32N2O6/c1-18(25)23-12-6-7-13-24-22(26)9-5-4-8-19-10-11-20(21(16-19)28-3)30-17-29-15-14-27-2/h4-5,8-11,16H,6-7,12-15,17H2,1-3H3,(H,23,25)(H,24,26). The summed E-state index contributed by atoms with van der Waals surface area (Å²) in [5.74, 6) is 0.975. The van der Waals surface area contributed by atoms with Gasteiger partial charge in [0, 0.05) is 33.2 Å². The van der Waals surface area contributed by atoms with Crippen LogP contribution in [0.5, 0.6) is 11.5 Å². The summed E-state index contributed by atoms with van der Waals surface area (Å²) in [5.41, 5.74) is 0.905. The summed E-state index contributed by atoms with van der Waals surface area (Å²) in [6.45, 7) is 3.75. The first kappa shape index (κ1) is 25.2. The predicted molar refractivity (Wildman–Crippen MR) is 115 cm³/mol. The molecule has 1 aromatic carbocycles. The number of benzene rings is 1. The van der Waals surface area contributed by atoms with E-state index in [2.05, 4.69) is 10.6 Å². The van der Waals surface area contributed by atoms with Crippen LogP contribution >= 0.6 is 0 Å². The Balaban J connectivity index is 2.37. The Morgan fingerprint density at radius 2 is 1.77 bits per heavy atom. The van der Waals surface area contributed by atoms with Crippen molar-refractivity contribution in [1.82, 2.24) is 10.6 Å². The fraction of sp³-hybridized carbons (Fsp3) is 0.455. The summed E-state index contributed by atoms with van der Waals surface area (Å²) in [4.78, 5) is 22.5. The van der Waals surface area contributed by atoms with Crippen LogP contribution in [0.3, 0.4) is 0 Å². The van der Waals surface area contributed by atoms with Crippen molar-refractivity contribution in [3.05, 3.63) is 42.0 Å². The van der Waals surface area contributed by atoms with Crippen molar-refractivity contribution in [3.8, 4) is 11.5 Å². The maximum absolute atomic E-state index is 11.7. The molecular weight excluding hydrogens is 388 g/mol. The third-order valence-corrected chi connectivity index (χ3v) is 3.84. The minimum atomic E-state index is -0.158. The average Bonchev–Trinajstić information content (AvgIpc) is 2.73. The first-order valence-corrected chi connectivity index (χ1v) is 9.81. The van der Waals surface area contributed by atoms with Gasteiger partial charge < -0.3 is 29.6 Å². The van der Waals surface area contributed by atoms with E-state index in [1.165, 1.54) is 13.0 Å². The Morgan fingerprint density at radius 1 is 1.00 bits per heavy atom. The Hall–Kier alpha value is -2.84. The van der Waals surface area contributed by atoms with E-state index >= 15 is 0 Å². The van der Waals surface area contributed by atoms with Crippen LogP contribution in [0.4, 0.5) is 0 Å². The first-order valence-electron chi connectivity index (χ1n) is 9.81. The summed E-state index contributed by atoms with van der Waals surface area (Å²) in [5, 5.41) is 5.52. The van der Waals surface area contributed by atoms with Crippen molar-refractivity contribution in [2.24, 2.45) is 0 Å². The molecule has 30 heavy (non-hydrogen) atoms. The zero-order valence-electron chi connectivity index (χ0n) is 17.9. The van der Waals surface area contributed by atoms with Crippen LogP contribution in [-0.2, 0) is 19.1 Å². The minimum absolute atomic E-state index is 0.0412. The molecule has 1 rings (SSSR count). The van der Waals surface area contributed by atoms with Gasteiger partial charge in [-0.2, -0.15) is 0 Å². The molecule has 0 radical (unpaired) electrons. The highest BCUT2D eigenvalue weighted by molar-refractivity contribution is 5.87. The summed E-state index contributed by atoms with van der Waals surface area (Å²) in [6.07, 6.45) is 8.41. The van der Waals surface area contributed by atoms with E-state index in [-0.39, 0.29) is 18.6 Å². The highest BCUT2D eigenvalue weighted by atomic mass is 16.7. The number of hydrogen-bond donors (Lipinski definition) is 2. The molecule has 1 aromatic rings. The van der Waals surface area contributed by atoms with Crippen molar-refractivity contribution >= 4 is 17.9 Å². The summed E-state index contributed by atoms with van der Waals surface area (Å²) in [6, 6.07) is 5.52. The SMILES string of the molecule is COCCOCOc1ccc(C=CC=CC(=O)NCCCCNC(C)=O)cc1OC. The lowest BCUT2D eigenvalue weighted by Crippen LogP contribution is -2.24. The molecule has 0 aliphatic rings. The fourth-order valence-electron chi connectivity index (χ4n) is 2.31. The maximum atomic E-state index is 11.7. The molecule has 8 nitrogen and oxygen atoms in total. The highest BCUT2D eigenvalue weighted by Crippen LogP contribution is 2.28. The second kappa shape index (κ2) is 16.0. The van der Waals surface area contributed by atoms with E-state index in [0.717, 1.165) is 18.4 Å².